The van der Waals surface area contributed by atoms with Crippen LogP contribution in [0.3, 0.4) is 0 Å². The van der Waals surface area contributed by atoms with Crippen molar-refractivity contribution in [3.8, 4) is 0 Å². The van der Waals surface area contributed by atoms with Crippen molar-refractivity contribution in [1.29, 1.82) is 0 Å². The lowest BCUT2D eigenvalue weighted by Gasteiger charge is -2.15. The first-order valence-electron chi connectivity index (χ1n) is 5.24. The Balaban J connectivity index is 3.28. The second-order valence-corrected chi connectivity index (χ2v) is 3.39. The highest BCUT2D eigenvalue weighted by Crippen LogP contribution is 2.02. The molecule has 0 heterocycles. The minimum atomic E-state index is -0.0372. The monoisotopic (exact) mass is 201 g/mol. The second kappa shape index (κ2) is 9.03. The normalized spacial score (nSPS) is 12.5. The standard InChI is InChI=1S/C11H23NO2/c1-5-7-11(13-4)14-9-6-8-12-10(2)3/h11-12H,2,5-9H2,1,3-4H3. The number of hydrogen-bond donors (Lipinski definition) is 1. The molecule has 1 unspecified atom stereocenters. The summed E-state index contributed by atoms with van der Waals surface area (Å²) in [5, 5.41) is 3.15. The van der Waals surface area contributed by atoms with Gasteiger partial charge in [0.2, 0.25) is 0 Å². The SMILES string of the molecule is C=C(C)NCCCOC(CCC)OC. The minimum Gasteiger partial charge on any atom is -0.389 e. The predicted octanol–water partition coefficient (Wildman–Crippen LogP) is 2.29. The molecule has 84 valence electrons. The van der Waals surface area contributed by atoms with Crippen molar-refractivity contribution in [2.24, 2.45) is 0 Å². The fourth-order valence-corrected chi connectivity index (χ4v) is 1.09. The lowest BCUT2D eigenvalue weighted by molar-refractivity contribution is -0.127. The van der Waals surface area contributed by atoms with Gasteiger partial charge in [-0.15, -0.1) is 0 Å². The Labute approximate surface area is 87.5 Å². The highest BCUT2D eigenvalue weighted by Gasteiger charge is 2.04. The quantitative estimate of drug-likeness (QED) is 0.458. The van der Waals surface area contributed by atoms with E-state index in [2.05, 4.69) is 18.8 Å². The molecular weight excluding hydrogens is 178 g/mol. The van der Waals surface area contributed by atoms with Crippen LogP contribution >= 0.6 is 0 Å². The van der Waals surface area contributed by atoms with Crippen LogP contribution in [0.2, 0.25) is 0 Å². The fourth-order valence-electron chi connectivity index (χ4n) is 1.09. The van der Waals surface area contributed by atoms with Gasteiger partial charge in [-0.05, 0) is 19.8 Å². The summed E-state index contributed by atoms with van der Waals surface area (Å²) in [6.45, 7) is 9.48. The molecule has 0 saturated carbocycles. The van der Waals surface area contributed by atoms with Crippen LogP contribution in [-0.2, 0) is 9.47 Å². The number of nitrogens with one attached hydrogen (secondary N) is 1. The number of hydrogen-bond acceptors (Lipinski definition) is 3. The summed E-state index contributed by atoms with van der Waals surface area (Å²) in [5.41, 5.74) is 1.00. The smallest absolute Gasteiger partial charge is 0.157 e. The average molecular weight is 201 g/mol. The number of methoxy groups -OCH3 is 1. The zero-order valence-corrected chi connectivity index (χ0v) is 9.64. The maximum Gasteiger partial charge on any atom is 0.157 e. The van der Waals surface area contributed by atoms with Gasteiger partial charge in [0.05, 0.1) is 6.61 Å². The van der Waals surface area contributed by atoms with Gasteiger partial charge in [0.1, 0.15) is 0 Å². The Bertz CT molecular complexity index is 148. The molecule has 0 rings (SSSR count). The Morgan fingerprint density at radius 2 is 2.21 bits per heavy atom. The van der Waals surface area contributed by atoms with Crippen molar-refractivity contribution < 1.29 is 9.47 Å². The average Bonchev–Trinajstić information content (AvgIpc) is 2.15. The van der Waals surface area contributed by atoms with E-state index in [0.29, 0.717) is 0 Å². The molecule has 0 spiro atoms. The van der Waals surface area contributed by atoms with Crippen molar-refractivity contribution in [3.63, 3.8) is 0 Å². The van der Waals surface area contributed by atoms with E-state index in [1.807, 2.05) is 6.92 Å². The summed E-state index contributed by atoms with van der Waals surface area (Å²) in [5.74, 6) is 0. The maximum atomic E-state index is 5.52. The van der Waals surface area contributed by atoms with E-state index in [0.717, 1.165) is 38.1 Å². The van der Waals surface area contributed by atoms with E-state index in [1.165, 1.54) is 0 Å². The lowest BCUT2D eigenvalue weighted by Crippen LogP contribution is -2.19. The van der Waals surface area contributed by atoms with Gasteiger partial charge in [0.25, 0.3) is 0 Å². The van der Waals surface area contributed by atoms with E-state index in [-0.39, 0.29) is 6.29 Å². The molecule has 0 aromatic rings. The van der Waals surface area contributed by atoms with Gasteiger partial charge < -0.3 is 14.8 Å². The molecule has 0 saturated heterocycles. The Morgan fingerprint density at radius 3 is 2.71 bits per heavy atom. The second-order valence-electron chi connectivity index (χ2n) is 3.39. The van der Waals surface area contributed by atoms with Gasteiger partial charge in [-0.3, -0.25) is 0 Å². The minimum absolute atomic E-state index is 0.0372. The van der Waals surface area contributed by atoms with Crippen LogP contribution in [0.5, 0.6) is 0 Å². The molecule has 0 aliphatic rings. The van der Waals surface area contributed by atoms with Crippen LogP contribution in [0.1, 0.15) is 33.1 Å². The molecule has 0 aromatic carbocycles. The largest absolute Gasteiger partial charge is 0.389 e. The first kappa shape index (κ1) is 13.5. The van der Waals surface area contributed by atoms with Crippen molar-refractivity contribution in [2.45, 2.75) is 39.4 Å². The molecule has 0 fully saturated rings. The Morgan fingerprint density at radius 1 is 1.50 bits per heavy atom. The Kier molecular flexibility index (Phi) is 8.68. The van der Waals surface area contributed by atoms with Gasteiger partial charge in [0, 0.05) is 19.4 Å². The zero-order valence-electron chi connectivity index (χ0n) is 9.64. The van der Waals surface area contributed by atoms with E-state index in [4.69, 9.17) is 9.47 Å². The summed E-state index contributed by atoms with van der Waals surface area (Å²) >= 11 is 0. The fraction of sp³-hybridized carbons (Fsp3) is 0.818. The van der Waals surface area contributed by atoms with E-state index in [9.17, 15) is 0 Å². The van der Waals surface area contributed by atoms with E-state index in [1.54, 1.807) is 7.11 Å². The molecule has 0 radical (unpaired) electrons. The van der Waals surface area contributed by atoms with Crippen molar-refractivity contribution in [3.05, 3.63) is 12.3 Å². The van der Waals surface area contributed by atoms with Crippen LogP contribution < -0.4 is 5.32 Å². The van der Waals surface area contributed by atoms with E-state index >= 15 is 0 Å². The van der Waals surface area contributed by atoms with Crippen LogP contribution in [0.25, 0.3) is 0 Å². The number of ether oxygens (including phenoxy) is 2. The van der Waals surface area contributed by atoms with E-state index < -0.39 is 0 Å². The summed E-state index contributed by atoms with van der Waals surface area (Å²) < 4.78 is 10.7. The van der Waals surface area contributed by atoms with Gasteiger partial charge in [-0.25, -0.2) is 0 Å². The zero-order chi connectivity index (χ0) is 10.8. The van der Waals surface area contributed by atoms with Gasteiger partial charge >= 0.3 is 0 Å². The summed E-state index contributed by atoms with van der Waals surface area (Å²) in [6.07, 6.45) is 2.99. The van der Waals surface area contributed by atoms with Crippen molar-refractivity contribution in [1.82, 2.24) is 5.32 Å². The van der Waals surface area contributed by atoms with Gasteiger partial charge in [-0.2, -0.15) is 0 Å². The summed E-state index contributed by atoms with van der Waals surface area (Å²) in [4.78, 5) is 0. The molecule has 3 nitrogen and oxygen atoms in total. The highest BCUT2D eigenvalue weighted by atomic mass is 16.7. The molecule has 14 heavy (non-hydrogen) atoms. The molecule has 3 heteroatoms. The summed E-state index contributed by atoms with van der Waals surface area (Å²) in [7, 11) is 1.69. The summed E-state index contributed by atoms with van der Waals surface area (Å²) in [6, 6.07) is 0. The molecular formula is C11H23NO2. The van der Waals surface area contributed by atoms with Crippen molar-refractivity contribution >= 4 is 0 Å². The first-order valence-corrected chi connectivity index (χ1v) is 5.24. The number of rotatable bonds is 9. The molecule has 0 amide bonds. The van der Waals surface area contributed by atoms with Crippen LogP contribution in [0, 0.1) is 0 Å². The third-order valence-electron chi connectivity index (χ3n) is 1.84. The molecule has 0 aromatic heterocycles. The van der Waals surface area contributed by atoms with Crippen LogP contribution in [-0.4, -0.2) is 26.6 Å². The third kappa shape index (κ3) is 8.08. The van der Waals surface area contributed by atoms with Gasteiger partial charge in [-0.1, -0.05) is 19.9 Å². The first-order chi connectivity index (χ1) is 6.70. The molecule has 1 atom stereocenters. The Hall–Kier alpha value is -0.540. The molecule has 1 N–H and O–H groups in total. The lowest BCUT2D eigenvalue weighted by atomic mass is 10.3. The van der Waals surface area contributed by atoms with Gasteiger partial charge in [0.15, 0.2) is 6.29 Å². The van der Waals surface area contributed by atoms with Crippen LogP contribution in [0.4, 0.5) is 0 Å². The highest BCUT2D eigenvalue weighted by molar-refractivity contribution is 4.83. The topological polar surface area (TPSA) is 30.5 Å². The van der Waals surface area contributed by atoms with Crippen LogP contribution in [0.15, 0.2) is 12.3 Å². The molecule has 0 bridgehead atoms. The van der Waals surface area contributed by atoms with Crippen molar-refractivity contribution in [2.75, 3.05) is 20.3 Å². The predicted molar refractivity (Wildman–Crippen MR) is 59.1 cm³/mol. The number of allylic oxidation sites excluding steroid dienone is 1. The molecule has 0 aliphatic carbocycles. The molecule has 0 aliphatic heterocycles. The maximum absolute atomic E-state index is 5.52. The third-order valence-corrected chi connectivity index (χ3v) is 1.84.